The number of piperidine rings is 1. The predicted octanol–water partition coefficient (Wildman–Crippen LogP) is 4.77. The second-order valence-electron chi connectivity index (χ2n) is 8.55. The van der Waals surface area contributed by atoms with E-state index in [1.54, 1.807) is 28.2 Å². The molecule has 1 amide bonds. The summed E-state index contributed by atoms with van der Waals surface area (Å²) in [6.07, 6.45) is 1.82. The number of benzene rings is 2. The van der Waals surface area contributed by atoms with Crippen LogP contribution in [0.3, 0.4) is 0 Å². The number of carbonyl (C=O) groups is 1. The van der Waals surface area contributed by atoms with Gasteiger partial charge in [0.15, 0.2) is 10.8 Å². The second-order valence-corrected chi connectivity index (χ2v) is 9.53. The molecule has 0 unspecified atom stereocenters. The molecular formula is C25H26FN5OS. The molecule has 1 N–H and O–H groups in total. The van der Waals surface area contributed by atoms with Crippen LogP contribution in [-0.4, -0.2) is 33.8 Å². The Morgan fingerprint density at radius 3 is 2.76 bits per heavy atom. The van der Waals surface area contributed by atoms with E-state index < -0.39 is 0 Å². The molecule has 0 radical (unpaired) electrons. The molecule has 2 aromatic carbocycles. The molecular weight excluding hydrogens is 437 g/mol. The molecule has 1 fully saturated rings. The molecule has 6 nitrogen and oxygen atoms in total. The maximum absolute atomic E-state index is 13.4. The average Bonchev–Trinajstić information content (AvgIpc) is 3.40. The zero-order chi connectivity index (χ0) is 22.9. The Balaban J connectivity index is 1.32. The lowest BCUT2D eigenvalue weighted by Crippen LogP contribution is -2.43. The molecule has 1 aliphatic heterocycles. The summed E-state index contributed by atoms with van der Waals surface area (Å²) < 4.78 is 16.1. The van der Waals surface area contributed by atoms with Crippen LogP contribution >= 0.6 is 11.3 Å². The highest BCUT2D eigenvalue weighted by Gasteiger charge is 2.28. The van der Waals surface area contributed by atoms with E-state index in [2.05, 4.69) is 34.4 Å². The van der Waals surface area contributed by atoms with Gasteiger partial charge in [0.25, 0.3) is 0 Å². The Labute approximate surface area is 196 Å². The molecule has 4 aromatic rings. The number of aromatic nitrogens is 3. The molecule has 1 saturated heterocycles. The molecule has 2 aromatic heterocycles. The lowest BCUT2D eigenvalue weighted by atomic mass is 9.97. The number of nitrogens with one attached hydrogen (secondary N) is 1. The number of anilines is 1. The molecule has 0 bridgehead atoms. The maximum Gasteiger partial charge on any atom is 0.225 e. The monoisotopic (exact) mass is 463 g/mol. The van der Waals surface area contributed by atoms with Crippen molar-refractivity contribution in [2.24, 2.45) is 5.92 Å². The van der Waals surface area contributed by atoms with E-state index in [0.717, 1.165) is 51.8 Å². The minimum atomic E-state index is -0.280. The number of hydrogen-bond acceptors (Lipinski definition) is 5. The van der Waals surface area contributed by atoms with Gasteiger partial charge in [0.05, 0.1) is 22.0 Å². The minimum Gasteiger partial charge on any atom is -0.352 e. The standard InChI is InChI=1S/C25H26FN5OS/c1-16-6-3-4-7-18(16)14-27-24(32)19-8-5-13-30(15-19)25-28-23-22(33-25)17(2)29-31(23)21-11-9-20(26)10-12-21/h3-4,6-7,9-12,19H,5,8,13-15H2,1-2H3,(H,27,32)/t19-/m1/s1. The Bertz CT molecular complexity index is 1300. The van der Waals surface area contributed by atoms with Crippen LogP contribution in [-0.2, 0) is 11.3 Å². The van der Waals surface area contributed by atoms with Crippen LogP contribution in [0, 0.1) is 25.6 Å². The van der Waals surface area contributed by atoms with Crippen LogP contribution in [0.15, 0.2) is 48.5 Å². The molecule has 170 valence electrons. The predicted molar refractivity (Wildman–Crippen MR) is 129 cm³/mol. The number of thiazole rings is 1. The van der Waals surface area contributed by atoms with Crippen LogP contribution in [0.2, 0.25) is 0 Å². The van der Waals surface area contributed by atoms with Gasteiger partial charge in [-0.3, -0.25) is 4.79 Å². The SMILES string of the molecule is Cc1ccccc1CNC(=O)[C@@H]1CCCN(c2nc3c(s2)c(C)nn3-c2ccc(F)cc2)C1. The molecule has 0 aliphatic carbocycles. The number of aryl methyl sites for hydroxylation is 2. The fraction of sp³-hybridized carbons (Fsp3) is 0.320. The van der Waals surface area contributed by atoms with E-state index in [-0.39, 0.29) is 17.6 Å². The van der Waals surface area contributed by atoms with Crippen LogP contribution in [0.1, 0.15) is 29.7 Å². The third kappa shape index (κ3) is 4.35. The summed E-state index contributed by atoms with van der Waals surface area (Å²) in [4.78, 5) is 20.0. The van der Waals surface area contributed by atoms with Crippen molar-refractivity contribution < 1.29 is 9.18 Å². The first kappa shape index (κ1) is 21.6. The van der Waals surface area contributed by atoms with Crippen LogP contribution in [0.4, 0.5) is 9.52 Å². The Morgan fingerprint density at radius 1 is 1.18 bits per heavy atom. The van der Waals surface area contributed by atoms with Crippen molar-refractivity contribution in [2.75, 3.05) is 18.0 Å². The van der Waals surface area contributed by atoms with Gasteiger partial charge in [0.1, 0.15) is 5.82 Å². The normalized spacial score (nSPS) is 16.3. The summed E-state index contributed by atoms with van der Waals surface area (Å²) in [5, 5.41) is 8.62. The van der Waals surface area contributed by atoms with Gasteiger partial charge in [-0.15, -0.1) is 0 Å². The van der Waals surface area contributed by atoms with Crippen molar-refractivity contribution in [1.82, 2.24) is 20.1 Å². The summed E-state index contributed by atoms with van der Waals surface area (Å²) in [6, 6.07) is 14.4. The smallest absolute Gasteiger partial charge is 0.225 e. The van der Waals surface area contributed by atoms with Crippen LogP contribution < -0.4 is 10.2 Å². The Morgan fingerprint density at radius 2 is 1.97 bits per heavy atom. The third-order valence-corrected chi connectivity index (χ3v) is 7.44. The first-order valence-electron chi connectivity index (χ1n) is 11.2. The van der Waals surface area contributed by atoms with Gasteiger partial charge in [0.2, 0.25) is 5.91 Å². The quantitative estimate of drug-likeness (QED) is 0.463. The van der Waals surface area contributed by atoms with Gasteiger partial charge in [-0.1, -0.05) is 35.6 Å². The van der Waals surface area contributed by atoms with E-state index in [4.69, 9.17) is 4.98 Å². The summed E-state index contributed by atoms with van der Waals surface area (Å²) in [6.45, 7) is 6.10. The summed E-state index contributed by atoms with van der Waals surface area (Å²) in [7, 11) is 0. The van der Waals surface area contributed by atoms with E-state index in [1.807, 2.05) is 19.1 Å². The summed E-state index contributed by atoms with van der Waals surface area (Å²) in [5.41, 5.74) is 4.76. The van der Waals surface area contributed by atoms with E-state index in [9.17, 15) is 9.18 Å². The first-order chi connectivity index (χ1) is 16.0. The summed E-state index contributed by atoms with van der Waals surface area (Å²) >= 11 is 1.60. The zero-order valence-corrected chi connectivity index (χ0v) is 19.5. The van der Waals surface area contributed by atoms with Crippen molar-refractivity contribution in [1.29, 1.82) is 0 Å². The van der Waals surface area contributed by atoms with Gasteiger partial charge < -0.3 is 10.2 Å². The van der Waals surface area contributed by atoms with Crippen molar-refractivity contribution >= 4 is 32.7 Å². The van der Waals surface area contributed by atoms with Crippen LogP contribution in [0.5, 0.6) is 0 Å². The summed E-state index contributed by atoms with van der Waals surface area (Å²) in [5.74, 6) is -0.250. The molecule has 0 saturated carbocycles. The molecule has 33 heavy (non-hydrogen) atoms. The largest absolute Gasteiger partial charge is 0.352 e. The molecule has 3 heterocycles. The first-order valence-corrected chi connectivity index (χ1v) is 12.0. The van der Waals surface area contributed by atoms with Crippen molar-refractivity contribution in [2.45, 2.75) is 33.2 Å². The number of nitrogens with zero attached hydrogens (tertiary/aromatic N) is 4. The number of fused-ring (bicyclic) bond motifs is 1. The Kier molecular flexibility index (Phi) is 5.85. The van der Waals surface area contributed by atoms with Gasteiger partial charge in [-0.25, -0.2) is 9.07 Å². The van der Waals surface area contributed by atoms with Gasteiger partial charge in [-0.05, 0) is 62.1 Å². The minimum absolute atomic E-state index is 0.0653. The number of halogens is 1. The van der Waals surface area contributed by atoms with E-state index in [0.29, 0.717) is 13.1 Å². The number of carbonyl (C=O) groups excluding carboxylic acids is 1. The zero-order valence-electron chi connectivity index (χ0n) is 18.7. The molecule has 8 heteroatoms. The van der Waals surface area contributed by atoms with Crippen molar-refractivity contribution in [3.63, 3.8) is 0 Å². The van der Waals surface area contributed by atoms with E-state index in [1.165, 1.54) is 17.7 Å². The van der Waals surface area contributed by atoms with Gasteiger partial charge >= 0.3 is 0 Å². The van der Waals surface area contributed by atoms with E-state index >= 15 is 0 Å². The van der Waals surface area contributed by atoms with Crippen molar-refractivity contribution in [3.8, 4) is 5.69 Å². The van der Waals surface area contributed by atoms with Gasteiger partial charge in [0, 0.05) is 19.6 Å². The third-order valence-electron chi connectivity index (χ3n) is 6.23. The Hall–Kier alpha value is -3.26. The van der Waals surface area contributed by atoms with Crippen LogP contribution in [0.25, 0.3) is 16.0 Å². The molecule has 0 spiro atoms. The van der Waals surface area contributed by atoms with Gasteiger partial charge in [-0.2, -0.15) is 10.1 Å². The molecule has 1 atom stereocenters. The van der Waals surface area contributed by atoms with Crippen molar-refractivity contribution in [3.05, 3.63) is 71.2 Å². The maximum atomic E-state index is 13.4. The number of amides is 1. The highest BCUT2D eigenvalue weighted by Crippen LogP contribution is 2.34. The number of hydrogen-bond donors (Lipinski definition) is 1. The number of rotatable bonds is 5. The fourth-order valence-corrected chi connectivity index (χ4v) is 5.34. The molecule has 1 aliphatic rings. The lowest BCUT2D eigenvalue weighted by Gasteiger charge is -2.31. The highest BCUT2D eigenvalue weighted by molar-refractivity contribution is 7.22. The second kappa shape index (κ2) is 8.94. The highest BCUT2D eigenvalue weighted by atomic mass is 32.1. The topological polar surface area (TPSA) is 63.1 Å². The molecule has 5 rings (SSSR count). The lowest BCUT2D eigenvalue weighted by molar-refractivity contribution is -0.125. The average molecular weight is 464 g/mol. The fourth-order valence-electron chi connectivity index (χ4n) is 4.32.